The zero-order valence-electron chi connectivity index (χ0n) is 94.7. The number of aliphatic carboxylic acids is 7. The lowest BCUT2D eigenvalue weighted by atomic mass is 9.88. The molecule has 147 heavy (non-hydrogen) atoms. The van der Waals surface area contributed by atoms with Crippen molar-refractivity contribution in [1.29, 1.82) is 0 Å². The van der Waals surface area contributed by atoms with Gasteiger partial charge in [-0.3, -0.25) is 33.6 Å². The second-order valence-corrected chi connectivity index (χ2v) is 42.3. The monoisotopic (exact) mass is 2190 g/mol. The number of nitrogens with zero attached hydrogens (tertiary/aromatic N) is 7. The number of unbranched alkanes of at least 4 members (excludes halogenated alkanes) is 59. The second kappa shape index (κ2) is 133. The first kappa shape index (κ1) is 155. The molecule has 0 aromatic heterocycles. The molecule has 0 radical (unpaired) electrons. The van der Waals surface area contributed by atoms with Gasteiger partial charge >= 0.3 is 41.8 Å². The van der Waals surface area contributed by atoms with Crippen LogP contribution in [0.4, 0.5) is 0 Å². The van der Waals surface area contributed by atoms with E-state index < -0.39 is 41.8 Å². The molecule has 854 valence electrons. The molecule has 9 unspecified atom stereocenters. The molecule has 0 heterocycles. The van der Waals surface area contributed by atoms with Crippen LogP contribution in [-0.4, -0.2) is 159 Å². The molecule has 0 saturated heterocycles. The lowest BCUT2D eigenvalue weighted by Gasteiger charge is -2.17. The van der Waals surface area contributed by atoms with Crippen molar-refractivity contribution in [2.75, 3.05) is 45.8 Å². The Hall–Kier alpha value is -5.11. The summed E-state index contributed by atoms with van der Waals surface area (Å²) in [6.07, 6.45) is 95.8. The topological polar surface area (TPSA) is 348 Å². The Morgan fingerprint density at radius 2 is 0.313 bits per heavy atom. The molecule has 21 nitrogen and oxygen atoms in total. The quantitative estimate of drug-likeness (QED) is 0.0169. The number of rotatable bonds is 103. The zero-order chi connectivity index (χ0) is 111. The number of carboxylic acids is 7. The first-order valence-electron chi connectivity index (χ1n) is 59.2. The van der Waals surface area contributed by atoms with Crippen molar-refractivity contribution in [1.82, 2.24) is 0 Å². The van der Waals surface area contributed by atoms with Gasteiger partial charge in [-0.2, -0.15) is 0 Å². The molecular weight excluding hydrogens is 1980 g/mol. The minimum atomic E-state index is -0.794. The summed E-state index contributed by atoms with van der Waals surface area (Å²) in [5, 5.41) is 79.7. The van der Waals surface area contributed by atoms with Crippen LogP contribution >= 0.6 is 85.5 Å². The van der Waals surface area contributed by atoms with Crippen LogP contribution in [0.25, 0.3) is 0 Å². The molecule has 0 aromatic rings. The van der Waals surface area contributed by atoms with Crippen molar-refractivity contribution in [3.8, 4) is 0 Å². The SMILES string of the molecule is CCCCC(CN=C=S)C(=O)O.CCCCCCCCCCCC(C)CC(CCCCN=C=S)C(=O)O.CCCCCCCCCCCC(CN=C=S)C(=O)O.CCCCCCCCCCCCCC(C)CC(CCCCN=C=S)C(=O)O.CCCCCCCCCCCCCC(CCN=C=S)C(=O)O.CCCCCCCCCCCCCC(CN=C=S)C(=O)O.CCCCCCCCCCCCCC(CN=C=S)C(=O)O. The van der Waals surface area contributed by atoms with E-state index in [0.29, 0.717) is 63.6 Å². The van der Waals surface area contributed by atoms with E-state index in [1.165, 1.54) is 347 Å². The highest BCUT2D eigenvalue weighted by molar-refractivity contribution is 7.79. The van der Waals surface area contributed by atoms with Crippen LogP contribution in [0.15, 0.2) is 34.9 Å². The van der Waals surface area contributed by atoms with E-state index in [4.69, 9.17) is 25.5 Å². The molecule has 0 aliphatic heterocycles. The van der Waals surface area contributed by atoms with Crippen LogP contribution in [0, 0.1) is 53.3 Å². The van der Waals surface area contributed by atoms with Crippen LogP contribution < -0.4 is 0 Å². The fourth-order valence-corrected chi connectivity index (χ4v) is 18.4. The smallest absolute Gasteiger partial charge is 0.308 e. The molecule has 0 aliphatic rings. The van der Waals surface area contributed by atoms with Crippen molar-refractivity contribution in [2.45, 2.75) is 576 Å². The second-order valence-electron chi connectivity index (χ2n) is 41.0. The van der Waals surface area contributed by atoms with Crippen molar-refractivity contribution < 1.29 is 69.3 Å². The van der Waals surface area contributed by atoms with Gasteiger partial charge < -0.3 is 35.7 Å². The highest BCUT2D eigenvalue weighted by atomic mass is 32.1. The average molecular weight is 2190 g/mol. The summed E-state index contributed by atoms with van der Waals surface area (Å²) >= 11 is 31.3. The van der Waals surface area contributed by atoms with Gasteiger partial charge in [0.2, 0.25) is 0 Å². The van der Waals surface area contributed by atoms with Crippen molar-refractivity contribution in [2.24, 2.45) is 88.2 Å². The Balaban J connectivity index is -0.000000314. The average Bonchev–Trinajstić information content (AvgIpc) is 0.935. The third-order valence-corrected chi connectivity index (χ3v) is 28.3. The molecule has 0 spiro atoms. The van der Waals surface area contributed by atoms with Gasteiger partial charge in [-0.1, -0.05) is 499 Å². The summed E-state index contributed by atoms with van der Waals surface area (Å²) < 4.78 is 0. The van der Waals surface area contributed by atoms with Crippen LogP contribution in [0.5, 0.6) is 0 Å². The summed E-state index contributed by atoms with van der Waals surface area (Å²) in [7, 11) is 0. The Kier molecular flexibility index (Phi) is 140. The van der Waals surface area contributed by atoms with Crippen molar-refractivity contribution >= 4 is 163 Å². The maximum absolute atomic E-state index is 11.5. The minimum absolute atomic E-state index is 0.204. The maximum Gasteiger partial charge on any atom is 0.308 e. The number of carbonyl (C=O) groups is 7. The van der Waals surface area contributed by atoms with Crippen LogP contribution in [0.3, 0.4) is 0 Å². The summed E-state index contributed by atoms with van der Waals surface area (Å²) in [5.41, 5.74) is 0. The third kappa shape index (κ3) is 131. The Labute approximate surface area is 935 Å². The lowest BCUT2D eigenvalue weighted by Crippen LogP contribution is -2.17. The fraction of sp³-hybridized carbons (Fsp3) is 0.882. The van der Waals surface area contributed by atoms with Crippen molar-refractivity contribution in [3.63, 3.8) is 0 Å². The van der Waals surface area contributed by atoms with Gasteiger partial charge in [0, 0.05) is 13.1 Å². The predicted molar refractivity (Wildman–Crippen MR) is 645 cm³/mol. The van der Waals surface area contributed by atoms with E-state index in [9.17, 15) is 43.8 Å². The molecule has 0 saturated carbocycles. The van der Waals surface area contributed by atoms with Crippen LogP contribution in [0.2, 0.25) is 0 Å². The zero-order valence-corrected chi connectivity index (χ0v) is 100. The molecule has 0 rings (SSSR count). The predicted octanol–water partition coefficient (Wildman–Crippen LogP) is 38.1. The van der Waals surface area contributed by atoms with E-state index in [0.717, 1.165) is 135 Å². The molecule has 0 fully saturated rings. The summed E-state index contributed by atoms with van der Waals surface area (Å²) in [6, 6.07) is 0. The van der Waals surface area contributed by atoms with E-state index in [2.05, 4.69) is 212 Å². The summed E-state index contributed by atoms with van der Waals surface area (Å²) in [5.74, 6) is -6.31. The van der Waals surface area contributed by atoms with Gasteiger partial charge in [-0.05, 0) is 174 Å². The number of hydrogen-bond donors (Lipinski definition) is 7. The van der Waals surface area contributed by atoms with Gasteiger partial charge in [-0.25, -0.2) is 34.9 Å². The Morgan fingerprint density at radius 3 is 0.490 bits per heavy atom. The normalized spacial score (nSPS) is 12.3. The molecule has 0 amide bonds. The van der Waals surface area contributed by atoms with E-state index >= 15 is 0 Å². The van der Waals surface area contributed by atoms with E-state index in [-0.39, 0.29) is 67.6 Å². The number of hydrogen-bond acceptors (Lipinski definition) is 21. The first-order chi connectivity index (χ1) is 71.3. The van der Waals surface area contributed by atoms with E-state index in [1.807, 2.05) is 6.92 Å². The van der Waals surface area contributed by atoms with Gasteiger partial charge in [0.15, 0.2) is 0 Å². The van der Waals surface area contributed by atoms with Crippen LogP contribution in [0.1, 0.15) is 576 Å². The Morgan fingerprint density at radius 1 is 0.170 bits per heavy atom. The number of carboxylic acid groups (broad SMARTS) is 7. The summed E-state index contributed by atoms with van der Waals surface area (Å²) in [4.78, 5) is 104. The highest BCUT2D eigenvalue weighted by Crippen LogP contribution is 2.28. The lowest BCUT2D eigenvalue weighted by molar-refractivity contribution is -0.143. The highest BCUT2D eigenvalue weighted by Gasteiger charge is 2.24. The van der Waals surface area contributed by atoms with Gasteiger partial charge in [0.1, 0.15) is 0 Å². The molecule has 0 aliphatic carbocycles. The molecule has 0 aromatic carbocycles. The van der Waals surface area contributed by atoms with Gasteiger partial charge in [0.25, 0.3) is 0 Å². The van der Waals surface area contributed by atoms with Crippen LogP contribution in [-0.2, 0) is 33.6 Å². The number of isothiocyanates is 7. The first-order valence-corrected chi connectivity index (χ1v) is 62.0. The number of thiocarbonyl (C=S) groups is 7. The minimum Gasteiger partial charge on any atom is -0.481 e. The van der Waals surface area contributed by atoms with Gasteiger partial charge in [0.05, 0.1) is 110 Å². The van der Waals surface area contributed by atoms with E-state index in [1.54, 1.807) is 0 Å². The van der Waals surface area contributed by atoms with Gasteiger partial charge in [-0.15, -0.1) is 0 Å². The molecule has 7 N–H and O–H groups in total. The number of aliphatic imine (C=N–C) groups is 7. The molecular formula is C119H217N7O14S7. The largest absolute Gasteiger partial charge is 0.481 e. The third-order valence-electron chi connectivity index (χ3n) is 27.4. The fourth-order valence-electron chi connectivity index (χ4n) is 17.8. The molecule has 0 bridgehead atoms. The molecule has 9 atom stereocenters. The van der Waals surface area contributed by atoms with Crippen molar-refractivity contribution in [3.05, 3.63) is 0 Å². The summed E-state index contributed by atoms with van der Waals surface area (Å²) in [6.45, 7) is 22.9. The Bertz CT molecular complexity index is 3260. The maximum atomic E-state index is 11.5. The standard InChI is InChI=1S/C23H43NO2S.C21H39NO2S.C18H33NO2S.2C17H31NO2S.C15H27NO2S.C8H13NO2S/c1-3-4-5-6-7-8-9-10-11-12-13-16-21(2)19-22(23(25)26)17-14-15-18-24-20-27;1-3-4-5-6-7-8-9-10-11-14-19(2)17-20(21(23)24)15-12-13-16-22-18-25;1-2-3-4-5-6-7-8-9-10-11-12-13-17(18(20)21)14-15-19-16-22;2*1-2-3-4-5-6-7-8-9-10-11-12-13-16(17(19)20)14-18-15-21;1-2-3-4-5-6-7-8-9-10-11-14(15(17)18)12-16-13-19;1-2-3-4-7(8(10)11)5-9-6-12/h21-22H,3-19H2,1-2H3,(H,25,26);19-20H,3-17H2,1-2H3,(H,23,24);17H,2-15H2,1H3,(H,20,21);2*16H,2-14H2,1H3,(H,19,20);14H,2-12H2,1H3,(H,17,18);7H,2-5H2,1H3,(H,10,11). The molecule has 28 heteroatoms.